The second kappa shape index (κ2) is 8.96. The highest BCUT2D eigenvalue weighted by Crippen LogP contribution is 2.29. The minimum Gasteiger partial charge on any atom is -0.492 e. The molecule has 0 saturated carbocycles. The smallest absolute Gasteiger partial charge is 0.261 e. The summed E-state index contributed by atoms with van der Waals surface area (Å²) in [5.41, 5.74) is 1.28. The van der Waals surface area contributed by atoms with Crippen molar-refractivity contribution in [1.82, 2.24) is 0 Å². The monoisotopic (exact) mass is 428 g/mol. The lowest BCUT2D eigenvalue weighted by molar-refractivity contribution is 0.102. The predicted molar refractivity (Wildman–Crippen MR) is 114 cm³/mol. The predicted octanol–water partition coefficient (Wildman–Crippen LogP) is 4.59. The number of anilines is 2. The van der Waals surface area contributed by atoms with E-state index in [1.54, 1.807) is 25.1 Å². The molecule has 30 heavy (non-hydrogen) atoms. The maximum absolute atomic E-state index is 13.9. The van der Waals surface area contributed by atoms with Crippen LogP contribution in [0.1, 0.15) is 22.8 Å². The molecule has 0 spiro atoms. The molecule has 0 aliphatic rings. The number of rotatable bonds is 7. The molecule has 3 aromatic rings. The van der Waals surface area contributed by atoms with Crippen LogP contribution in [0.3, 0.4) is 0 Å². The molecule has 6 nitrogen and oxygen atoms in total. The zero-order valence-corrected chi connectivity index (χ0v) is 17.3. The molecule has 0 radical (unpaired) electrons. The van der Waals surface area contributed by atoms with E-state index in [1.165, 1.54) is 42.5 Å². The van der Waals surface area contributed by atoms with Gasteiger partial charge in [0.05, 0.1) is 22.8 Å². The SMILES string of the molecule is CCOc1ccc(S(=O)(=O)Nc2cccc(C)c2)cc1NC(=O)c1ccccc1F. The van der Waals surface area contributed by atoms with Gasteiger partial charge in [-0.05, 0) is 61.9 Å². The first kappa shape index (κ1) is 21.3. The second-order valence-electron chi connectivity index (χ2n) is 6.50. The maximum Gasteiger partial charge on any atom is 0.261 e. The lowest BCUT2D eigenvalue weighted by atomic mass is 10.2. The molecule has 0 fully saturated rings. The summed E-state index contributed by atoms with van der Waals surface area (Å²) in [6, 6.07) is 16.6. The molecule has 0 saturated heterocycles. The fourth-order valence-electron chi connectivity index (χ4n) is 2.81. The summed E-state index contributed by atoms with van der Waals surface area (Å²) in [5.74, 6) is -1.12. The van der Waals surface area contributed by atoms with Crippen molar-refractivity contribution in [2.24, 2.45) is 0 Å². The van der Waals surface area contributed by atoms with Gasteiger partial charge in [-0.25, -0.2) is 12.8 Å². The van der Waals surface area contributed by atoms with Gasteiger partial charge in [0, 0.05) is 5.69 Å². The van der Waals surface area contributed by atoms with Crippen LogP contribution < -0.4 is 14.8 Å². The molecule has 3 aromatic carbocycles. The third-order valence-corrected chi connectivity index (χ3v) is 5.58. The van der Waals surface area contributed by atoms with Crippen molar-refractivity contribution in [3.05, 3.63) is 83.7 Å². The fourth-order valence-corrected chi connectivity index (χ4v) is 3.89. The Bertz CT molecular complexity index is 1180. The summed E-state index contributed by atoms with van der Waals surface area (Å²) >= 11 is 0. The molecule has 0 bridgehead atoms. The Hall–Kier alpha value is -3.39. The van der Waals surface area contributed by atoms with Crippen molar-refractivity contribution in [2.75, 3.05) is 16.6 Å². The fraction of sp³-hybridized carbons (Fsp3) is 0.136. The van der Waals surface area contributed by atoms with Crippen molar-refractivity contribution in [3.63, 3.8) is 0 Å². The molecule has 2 N–H and O–H groups in total. The first-order chi connectivity index (χ1) is 14.3. The quantitative estimate of drug-likeness (QED) is 0.577. The third-order valence-electron chi connectivity index (χ3n) is 4.20. The lowest BCUT2D eigenvalue weighted by Gasteiger charge is -2.15. The van der Waals surface area contributed by atoms with Crippen LogP contribution in [-0.4, -0.2) is 20.9 Å². The number of carbonyl (C=O) groups excluding carboxylic acids is 1. The molecule has 156 valence electrons. The molecular weight excluding hydrogens is 407 g/mol. The number of hydrogen-bond acceptors (Lipinski definition) is 4. The topological polar surface area (TPSA) is 84.5 Å². The van der Waals surface area contributed by atoms with Crippen molar-refractivity contribution >= 4 is 27.3 Å². The van der Waals surface area contributed by atoms with Crippen LogP contribution in [0.25, 0.3) is 0 Å². The van der Waals surface area contributed by atoms with Crippen LogP contribution in [0.4, 0.5) is 15.8 Å². The highest BCUT2D eigenvalue weighted by atomic mass is 32.2. The van der Waals surface area contributed by atoms with Gasteiger partial charge in [-0.1, -0.05) is 24.3 Å². The molecule has 0 heterocycles. The molecule has 3 rings (SSSR count). The standard InChI is InChI=1S/C22H21FN2O4S/c1-3-29-21-12-11-17(30(27,28)25-16-8-6-7-15(2)13-16)14-20(21)24-22(26)18-9-4-5-10-19(18)23/h4-14,25H,3H2,1-2H3,(H,24,26). The highest BCUT2D eigenvalue weighted by Gasteiger charge is 2.19. The average molecular weight is 428 g/mol. The Morgan fingerprint density at radius 3 is 2.50 bits per heavy atom. The normalized spacial score (nSPS) is 11.0. The van der Waals surface area contributed by atoms with E-state index in [0.29, 0.717) is 12.3 Å². The van der Waals surface area contributed by atoms with Gasteiger partial charge in [-0.15, -0.1) is 0 Å². The van der Waals surface area contributed by atoms with Crippen LogP contribution in [-0.2, 0) is 10.0 Å². The summed E-state index contributed by atoms with van der Waals surface area (Å²) in [6.07, 6.45) is 0. The number of aryl methyl sites for hydroxylation is 1. The van der Waals surface area contributed by atoms with Crippen molar-refractivity contribution in [2.45, 2.75) is 18.7 Å². The van der Waals surface area contributed by atoms with E-state index in [4.69, 9.17) is 4.74 Å². The molecule has 0 aliphatic carbocycles. The van der Waals surface area contributed by atoms with E-state index in [-0.39, 0.29) is 21.9 Å². The van der Waals surface area contributed by atoms with Gasteiger partial charge in [0.1, 0.15) is 11.6 Å². The second-order valence-corrected chi connectivity index (χ2v) is 8.18. The Labute approximate surface area is 174 Å². The summed E-state index contributed by atoms with van der Waals surface area (Å²) in [5, 5.41) is 2.54. The summed E-state index contributed by atoms with van der Waals surface area (Å²) in [7, 11) is -3.92. The van der Waals surface area contributed by atoms with E-state index in [9.17, 15) is 17.6 Å². The zero-order valence-electron chi connectivity index (χ0n) is 16.5. The van der Waals surface area contributed by atoms with Crippen LogP contribution in [0.2, 0.25) is 0 Å². The largest absolute Gasteiger partial charge is 0.492 e. The molecule has 0 unspecified atom stereocenters. The molecule has 0 aromatic heterocycles. The van der Waals surface area contributed by atoms with E-state index in [0.717, 1.165) is 5.56 Å². The Morgan fingerprint density at radius 1 is 1.03 bits per heavy atom. The average Bonchev–Trinajstić information content (AvgIpc) is 2.69. The van der Waals surface area contributed by atoms with E-state index in [2.05, 4.69) is 10.0 Å². The van der Waals surface area contributed by atoms with Crippen LogP contribution in [0, 0.1) is 12.7 Å². The zero-order chi connectivity index (χ0) is 21.7. The molecule has 1 amide bonds. The Balaban J connectivity index is 1.94. The van der Waals surface area contributed by atoms with Gasteiger partial charge >= 0.3 is 0 Å². The van der Waals surface area contributed by atoms with Gasteiger partial charge in [-0.3, -0.25) is 9.52 Å². The number of sulfonamides is 1. The van der Waals surface area contributed by atoms with Crippen molar-refractivity contribution in [3.8, 4) is 5.75 Å². The van der Waals surface area contributed by atoms with Crippen molar-refractivity contribution < 1.29 is 22.3 Å². The number of nitrogens with one attached hydrogen (secondary N) is 2. The van der Waals surface area contributed by atoms with Crippen LogP contribution >= 0.6 is 0 Å². The van der Waals surface area contributed by atoms with Gasteiger partial charge in [0.15, 0.2) is 0 Å². The van der Waals surface area contributed by atoms with Gasteiger partial charge < -0.3 is 10.1 Å². The summed E-state index contributed by atoms with van der Waals surface area (Å²) < 4.78 is 47.6. The van der Waals surface area contributed by atoms with Crippen LogP contribution in [0.15, 0.2) is 71.6 Å². The highest BCUT2D eigenvalue weighted by molar-refractivity contribution is 7.92. The van der Waals surface area contributed by atoms with E-state index < -0.39 is 21.7 Å². The number of hydrogen-bond donors (Lipinski definition) is 2. The number of benzene rings is 3. The molecule has 0 aliphatic heterocycles. The van der Waals surface area contributed by atoms with E-state index >= 15 is 0 Å². The first-order valence-electron chi connectivity index (χ1n) is 9.22. The molecular formula is C22H21FN2O4S. The lowest BCUT2D eigenvalue weighted by Crippen LogP contribution is -2.17. The maximum atomic E-state index is 13.9. The summed E-state index contributed by atoms with van der Waals surface area (Å²) in [4.78, 5) is 12.4. The Kier molecular flexibility index (Phi) is 6.37. The third kappa shape index (κ3) is 4.96. The van der Waals surface area contributed by atoms with Gasteiger partial charge in [0.2, 0.25) is 0 Å². The van der Waals surface area contributed by atoms with E-state index in [1.807, 2.05) is 13.0 Å². The number of carbonyl (C=O) groups is 1. The number of halogens is 1. The molecule has 0 atom stereocenters. The Morgan fingerprint density at radius 2 is 1.80 bits per heavy atom. The number of amides is 1. The first-order valence-corrected chi connectivity index (χ1v) is 10.7. The minimum absolute atomic E-state index is 0.0729. The van der Waals surface area contributed by atoms with Gasteiger partial charge in [-0.2, -0.15) is 0 Å². The number of ether oxygens (including phenoxy) is 1. The van der Waals surface area contributed by atoms with Crippen LogP contribution in [0.5, 0.6) is 5.75 Å². The molecule has 8 heteroatoms. The minimum atomic E-state index is -3.92. The van der Waals surface area contributed by atoms with Gasteiger partial charge in [0.25, 0.3) is 15.9 Å². The van der Waals surface area contributed by atoms with Crippen molar-refractivity contribution in [1.29, 1.82) is 0 Å². The summed E-state index contributed by atoms with van der Waals surface area (Å²) in [6.45, 7) is 3.91.